The van der Waals surface area contributed by atoms with Crippen molar-refractivity contribution in [2.24, 2.45) is 0 Å². The van der Waals surface area contributed by atoms with E-state index in [-0.39, 0.29) is 6.42 Å². The fraction of sp³-hybridized carbons (Fsp3) is 0.158. The summed E-state index contributed by atoms with van der Waals surface area (Å²) in [7, 11) is 1.58. The molecule has 0 bridgehead atoms. The van der Waals surface area contributed by atoms with Gasteiger partial charge in [-0.05, 0) is 29.3 Å². The number of amides is 1. The molecule has 0 aliphatic rings. The van der Waals surface area contributed by atoms with Crippen molar-refractivity contribution < 1.29 is 19.4 Å². The second-order valence-electron chi connectivity index (χ2n) is 5.20. The van der Waals surface area contributed by atoms with Crippen LogP contribution in [0.3, 0.4) is 0 Å². The Kier molecular flexibility index (Phi) is 6.14. The van der Waals surface area contributed by atoms with E-state index in [0.717, 1.165) is 16.9 Å². The Labute approximate surface area is 140 Å². The zero-order chi connectivity index (χ0) is 17.4. The Morgan fingerprint density at radius 2 is 1.79 bits per heavy atom. The highest BCUT2D eigenvalue weighted by Crippen LogP contribution is 2.12. The standard InChI is InChI=1S/C19H19NO4/c1-24-16-10-7-14(8-11-16)9-12-18(21)20-17(19(22)23)13-15-5-3-2-4-6-15/h2-12,17H,13H2,1H3,(H,20,21)(H,22,23)/t17-/m0/s1. The molecule has 2 aromatic rings. The van der Waals surface area contributed by atoms with Gasteiger partial charge in [0.25, 0.3) is 0 Å². The normalized spacial score (nSPS) is 11.9. The molecular weight excluding hydrogens is 306 g/mol. The molecule has 2 N–H and O–H groups in total. The average molecular weight is 325 g/mol. The molecule has 1 amide bonds. The van der Waals surface area contributed by atoms with Crippen LogP contribution in [0.15, 0.2) is 60.7 Å². The number of carboxylic acids is 1. The first-order chi connectivity index (χ1) is 11.6. The van der Waals surface area contributed by atoms with Gasteiger partial charge in [-0.25, -0.2) is 4.79 Å². The molecule has 5 heteroatoms. The number of carbonyl (C=O) groups excluding carboxylic acids is 1. The number of nitrogens with one attached hydrogen (secondary N) is 1. The average Bonchev–Trinajstić information content (AvgIpc) is 2.60. The maximum atomic E-state index is 12.0. The fourth-order valence-corrected chi connectivity index (χ4v) is 2.16. The summed E-state index contributed by atoms with van der Waals surface area (Å²) >= 11 is 0. The second-order valence-corrected chi connectivity index (χ2v) is 5.20. The van der Waals surface area contributed by atoms with Crippen LogP contribution in [-0.4, -0.2) is 30.1 Å². The molecule has 2 rings (SSSR count). The van der Waals surface area contributed by atoms with E-state index in [0.29, 0.717) is 0 Å². The lowest BCUT2D eigenvalue weighted by atomic mass is 10.1. The van der Waals surface area contributed by atoms with Crippen LogP contribution in [-0.2, 0) is 16.0 Å². The largest absolute Gasteiger partial charge is 0.497 e. The molecule has 124 valence electrons. The van der Waals surface area contributed by atoms with E-state index in [1.165, 1.54) is 6.08 Å². The lowest BCUT2D eigenvalue weighted by molar-refractivity contribution is -0.141. The van der Waals surface area contributed by atoms with E-state index >= 15 is 0 Å². The van der Waals surface area contributed by atoms with E-state index in [2.05, 4.69) is 5.32 Å². The number of hydrogen-bond donors (Lipinski definition) is 2. The van der Waals surface area contributed by atoms with Gasteiger partial charge in [-0.1, -0.05) is 42.5 Å². The maximum Gasteiger partial charge on any atom is 0.326 e. The monoisotopic (exact) mass is 325 g/mol. The smallest absolute Gasteiger partial charge is 0.326 e. The van der Waals surface area contributed by atoms with Gasteiger partial charge in [-0.15, -0.1) is 0 Å². The molecular formula is C19H19NO4. The van der Waals surface area contributed by atoms with Gasteiger partial charge in [0.15, 0.2) is 0 Å². The lowest BCUT2D eigenvalue weighted by Gasteiger charge is -2.13. The lowest BCUT2D eigenvalue weighted by Crippen LogP contribution is -2.41. The van der Waals surface area contributed by atoms with Crippen LogP contribution in [0.2, 0.25) is 0 Å². The van der Waals surface area contributed by atoms with E-state index in [9.17, 15) is 14.7 Å². The number of hydrogen-bond acceptors (Lipinski definition) is 3. The Balaban J connectivity index is 1.97. The van der Waals surface area contributed by atoms with E-state index in [1.54, 1.807) is 37.5 Å². The van der Waals surface area contributed by atoms with Crippen molar-refractivity contribution in [1.82, 2.24) is 5.32 Å². The molecule has 0 saturated carbocycles. The molecule has 0 radical (unpaired) electrons. The Hall–Kier alpha value is -3.08. The first-order valence-corrected chi connectivity index (χ1v) is 7.48. The molecule has 2 aromatic carbocycles. The predicted octanol–water partition coefficient (Wildman–Crippen LogP) is 2.52. The third kappa shape index (κ3) is 5.28. The van der Waals surface area contributed by atoms with Crippen LogP contribution < -0.4 is 10.1 Å². The van der Waals surface area contributed by atoms with Crippen LogP contribution in [0.25, 0.3) is 6.08 Å². The minimum absolute atomic E-state index is 0.234. The Bertz CT molecular complexity index is 708. The third-order valence-electron chi connectivity index (χ3n) is 3.44. The summed E-state index contributed by atoms with van der Waals surface area (Å²) in [6.45, 7) is 0. The zero-order valence-electron chi connectivity index (χ0n) is 13.3. The highest BCUT2D eigenvalue weighted by Gasteiger charge is 2.19. The minimum Gasteiger partial charge on any atom is -0.497 e. The molecule has 0 spiro atoms. The van der Waals surface area contributed by atoms with Gasteiger partial charge in [0.05, 0.1) is 7.11 Å². The van der Waals surface area contributed by atoms with Crippen LogP contribution in [0, 0.1) is 0 Å². The molecule has 5 nitrogen and oxygen atoms in total. The van der Waals surface area contributed by atoms with E-state index in [1.807, 2.05) is 30.3 Å². The minimum atomic E-state index is -1.06. The molecule has 0 aromatic heterocycles. The molecule has 0 fully saturated rings. The van der Waals surface area contributed by atoms with Crippen molar-refractivity contribution in [3.05, 3.63) is 71.8 Å². The topological polar surface area (TPSA) is 75.6 Å². The SMILES string of the molecule is COc1ccc(C=CC(=O)N[C@@H](Cc2ccccc2)C(=O)O)cc1. The molecule has 0 saturated heterocycles. The molecule has 24 heavy (non-hydrogen) atoms. The quantitative estimate of drug-likeness (QED) is 0.767. The summed E-state index contributed by atoms with van der Waals surface area (Å²) in [5.41, 5.74) is 1.67. The van der Waals surface area contributed by atoms with Gasteiger partial charge >= 0.3 is 5.97 Å². The summed E-state index contributed by atoms with van der Waals surface area (Å²) in [6, 6.07) is 15.4. The van der Waals surface area contributed by atoms with E-state index in [4.69, 9.17) is 4.74 Å². The van der Waals surface area contributed by atoms with Gasteiger partial charge < -0.3 is 15.2 Å². The zero-order valence-corrected chi connectivity index (χ0v) is 13.3. The van der Waals surface area contributed by atoms with Crippen molar-refractivity contribution in [3.8, 4) is 5.75 Å². The van der Waals surface area contributed by atoms with Crippen LogP contribution in [0.1, 0.15) is 11.1 Å². The molecule has 0 unspecified atom stereocenters. The summed E-state index contributed by atoms with van der Waals surface area (Å²) in [5, 5.41) is 11.8. The summed E-state index contributed by atoms with van der Waals surface area (Å²) in [6.07, 6.45) is 3.18. The highest BCUT2D eigenvalue weighted by molar-refractivity contribution is 5.94. The highest BCUT2D eigenvalue weighted by atomic mass is 16.5. The molecule has 0 aliphatic heterocycles. The number of methoxy groups -OCH3 is 1. The number of benzene rings is 2. The summed E-state index contributed by atoms with van der Waals surface area (Å²) < 4.78 is 5.06. The molecule has 1 atom stereocenters. The van der Waals surface area contributed by atoms with Crippen molar-refractivity contribution >= 4 is 18.0 Å². The first kappa shape index (κ1) is 17.3. The Morgan fingerprint density at radius 1 is 1.12 bits per heavy atom. The van der Waals surface area contributed by atoms with Crippen molar-refractivity contribution in [3.63, 3.8) is 0 Å². The predicted molar refractivity (Wildman–Crippen MR) is 91.7 cm³/mol. The van der Waals surface area contributed by atoms with Gasteiger partial charge in [0.2, 0.25) is 5.91 Å². The first-order valence-electron chi connectivity index (χ1n) is 7.48. The van der Waals surface area contributed by atoms with Crippen molar-refractivity contribution in [1.29, 1.82) is 0 Å². The second kappa shape index (κ2) is 8.53. The van der Waals surface area contributed by atoms with Gasteiger partial charge in [-0.3, -0.25) is 4.79 Å². The number of carboxylic acid groups (broad SMARTS) is 1. The van der Waals surface area contributed by atoms with Gasteiger partial charge in [0, 0.05) is 12.5 Å². The third-order valence-corrected chi connectivity index (χ3v) is 3.44. The van der Waals surface area contributed by atoms with Gasteiger partial charge in [0.1, 0.15) is 11.8 Å². The molecule has 0 heterocycles. The maximum absolute atomic E-state index is 12.0. The number of aliphatic carboxylic acids is 1. The molecule has 0 aliphatic carbocycles. The van der Waals surface area contributed by atoms with Gasteiger partial charge in [-0.2, -0.15) is 0 Å². The number of carbonyl (C=O) groups is 2. The van der Waals surface area contributed by atoms with Crippen molar-refractivity contribution in [2.75, 3.05) is 7.11 Å². The fourth-order valence-electron chi connectivity index (χ4n) is 2.16. The summed E-state index contributed by atoms with van der Waals surface area (Å²) in [4.78, 5) is 23.3. The van der Waals surface area contributed by atoms with Crippen molar-refractivity contribution in [2.45, 2.75) is 12.5 Å². The van der Waals surface area contributed by atoms with Crippen LogP contribution >= 0.6 is 0 Å². The summed E-state index contributed by atoms with van der Waals surface area (Å²) in [5.74, 6) is -0.787. The van der Waals surface area contributed by atoms with Crippen LogP contribution in [0.4, 0.5) is 0 Å². The van der Waals surface area contributed by atoms with E-state index < -0.39 is 17.9 Å². The number of rotatable bonds is 7. The van der Waals surface area contributed by atoms with Crippen LogP contribution in [0.5, 0.6) is 5.75 Å². The number of ether oxygens (including phenoxy) is 1. The Morgan fingerprint density at radius 3 is 2.38 bits per heavy atom.